The number of aliphatic hydroxyl groups excluding tert-OH is 1. The predicted octanol–water partition coefficient (Wildman–Crippen LogP) is 0.147. The summed E-state index contributed by atoms with van der Waals surface area (Å²) in [4.78, 5) is 0. The number of rotatable bonds is 5. The van der Waals surface area contributed by atoms with E-state index >= 15 is 0 Å². The number of nitrogens with one attached hydrogen (secondary N) is 1. The van der Waals surface area contributed by atoms with Crippen molar-refractivity contribution >= 4 is 10.0 Å². The molecule has 2 N–H and O–H groups in total. The van der Waals surface area contributed by atoms with Crippen molar-refractivity contribution in [2.45, 2.75) is 19.6 Å². The molecule has 0 saturated heterocycles. The fraction of sp³-hybridized carbons (Fsp3) is 1.00. The predicted molar refractivity (Wildman–Crippen MR) is 43.8 cm³/mol. The van der Waals surface area contributed by atoms with E-state index in [0.29, 0.717) is 0 Å². The van der Waals surface area contributed by atoms with Gasteiger partial charge >= 0.3 is 5.76 Å². The Kier molecular flexibility index (Phi) is 4.21. The van der Waals surface area contributed by atoms with E-state index in [0.717, 1.165) is 0 Å². The molecule has 0 aliphatic heterocycles. The van der Waals surface area contributed by atoms with Gasteiger partial charge in [0.25, 0.3) is 10.0 Å². The highest BCUT2D eigenvalue weighted by molar-refractivity contribution is 7.89. The first-order valence-electron chi connectivity index (χ1n) is 3.59. The van der Waals surface area contributed by atoms with Crippen molar-refractivity contribution in [1.29, 1.82) is 0 Å². The molecule has 0 amide bonds. The molecule has 0 fully saturated rings. The number of sulfonamides is 1. The largest absolute Gasteiger partial charge is 0.396 e. The second-order valence-electron chi connectivity index (χ2n) is 3.45. The zero-order chi connectivity index (χ0) is 10.7. The van der Waals surface area contributed by atoms with Crippen LogP contribution in [-0.4, -0.2) is 32.4 Å². The second kappa shape index (κ2) is 4.30. The van der Waals surface area contributed by atoms with Crippen molar-refractivity contribution in [3.05, 3.63) is 0 Å². The number of halogens is 2. The molecule has 0 radical (unpaired) electrons. The highest BCUT2D eigenvalue weighted by Gasteiger charge is 2.26. The van der Waals surface area contributed by atoms with Crippen LogP contribution in [0.25, 0.3) is 0 Å². The molecule has 7 heteroatoms. The van der Waals surface area contributed by atoms with Crippen LogP contribution in [0.15, 0.2) is 0 Å². The number of hydrogen-bond donors (Lipinski definition) is 2. The maximum absolute atomic E-state index is 11.8. The second-order valence-corrected chi connectivity index (χ2v) is 5.18. The van der Waals surface area contributed by atoms with Crippen molar-refractivity contribution in [1.82, 2.24) is 4.72 Å². The van der Waals surface area contributed by atoms with Crippen LogP contribution in [0.5, 0.6) is 0 Å². The fourth-order valence-corrected chi connectivity index (χ4v) is 1.13. The van der Waals surface area contributed by atoms with Crippen LogP contribution in [-0.2, 0) is 10.0 Å². The Morgan fingerprint density at radius 1 is 1.46 bits per heavy atom. The van der Waals surface area contributed by atoms with Crippen molar-refractivity contribution in [3.8, 4) is 0 Å². The SMILES string of the molecule is CC(C)(CO)CNS(=O)(=O)C(F)F. The average Bonchev–Trinajstić information content (AvgIpc) is 2.01. The van der Waals surface area contributed by atoms with Crippen LogP contribution in [0.4, 0.5) is 8.78 Å². The Labute approximate surface area is 76.0 Å². The number of hydrogen-bond acceptors (Lipinski definition) is 3. The van der Waals surface area contributed by atoms with Crippen molar-refractivity contribution < 1.29 is 22.3 Å². The van der Waals surface area contributed by atoms with Gasteiger partial charge < -0.3 is 5.11 Å². The van der Waals surface area contributed by atoms with Gasteiger partial charge in [-0.2, -0.15) is 8.78 Å². The molecule has 0 aliphatic rings. The summed E-state index contributed by atoms with van der Waals surface area (Å²) in [5.74, 6) is -3.43. The highest BCUT2D eigenvalue weighted by Crippen LogP contribution is 2.13. The third-order valence-electron chi connectivity index (χ3n) is 1.41. The first-order chi connectivity index (χ1) is 5.71. The molecule has 0 unspecified atom stereocenters. The maximum atomic E-state index is 11.8. The Morgan fingerprint density at radius 3 is 2.23 bits per heavy atom. The van der Waals surface area contributed by atoms with Crippen LogP contribution in [0.2, 0.25) is 0 Å². The van der Waals surface area contributed by atoms with Gasteiger partial charge in [-0.05, 0) is 0 Å². The Morgan fingerprint density at radius 2 is 1.92 bits per heavy atom. The summed E-state index contributed by atoms with van der Waals surface area (Å²) in [7, 11) is -4.54. The molecular weight excluding hydrogens is 204 g/mol. The molecule has 0 aliphatic carbocycles. The van der Waals surface area contributed by atoms with Crippen LogP contribution in [0, 0.1) is 5.41 Å². The van der Waals surface area contributed by atoms with Gasteiger partial charge in [-0.25, -0.2) is 13.1 Å². The molecule has 13 heavy (non-hydrogen) atoms. The minimum Gasteiger partial charge on any atom is -0.396 e. The molecule has 0 atom stereocenters. The van der Waals surface area contributed by atoms with Crippen molar-refractivity contribution in [2.75, 3.05) is 13.2 Å². The summed E-state index contributed by atoms with van der Waals surface area (Å²) in [6, 6.07) is 0. The topological polar surface area (TPSA) is 66.4 Å². The van der Waals surface area contributed by atoms with Gasteiger partial charge in [-0.1, -0.05) is 13.8 Å². The molecule has 0 heterocycles. The van der Waals surface area contributed by atoms with E-state index < -0.39 is 21.2 Å². The van der Waals surface area contributed by atoms with Gasteiger partial charge in [-0.3, -0.25) is 0 Å². The van der Waals surface area contributed by atoms with Gasteiger partial charge in [0.2, 0.25) is 0 Å². The molecule has 0 rings (SSSR count). The van der Waals surface area contributed by atoms with Crippen LogP contribution >= 0.6 is 0 Å². The lowest BCUT2D eigenvalue weighted by molar-refractivity contribution is 0.161. The van der Waals surface area contributed by atoms with Gasteiger partial charge in [0.15, 0.2) is 0 Å². The van der Waals surface area contributed by atoms with Gasteiger partial charge in [0, 0.05) is 18.6 Å². The third kappa shape index (κ3) is 4.49. The lowest BCUT2D eigenvalue weighted by Gasteiger charge is -2.21. The minimum atomic E-state index is -4.54. The summed E-state index contributed by atoms with van der Waals surface area (Å²) < 4.78 is 46.4. The molecule has 0 spiro atoms. The molecule has 0 aromatic carbocycles. The van der Waals surface area contributed by atoms with E-state index in [4.69, 9.17) is 5.11 Å². The van der Waals surface area contributed by atoms with Crippen molar-refractivity contribution in [3.63, 3.8) is 0 Å². The molecule has 0 aromatic heterocycles. The third-order valence-corrected chi connectivity index (χ3v) is 2.43. The zero-order valence-corrected chi connectivity index (χ0v) is 8.24. The quantitative estimate of drug-likeness (QED) is 0.688. The van der Waals surface area contributed by atoms with E-state index in [1.54, 1.807) is 18.6 Å². The normalized spacial score (nSPS) is 13.7. The van der Waals surface area contributed by atoms with Gasteiger partial charge in [0.1, 0.15) is 0 Å². The maximum Gasteiger partial charge on any atom is 0.350 e. The molecule has 80 valence electrons. The van der Waals surface area contributed by atoms with Crippen LogP contribution in [0.3, 0.4) is 0 Å². The average molecular weight is 217 g/mol. The van der Waals surface area contributed by atoms with Gasteiger partial charge in [0.05, 0.1) is 0 Å². The standard InChI is InChI=1S/C6H13F2NO3S/c1-6(2,4-10)3-9-13(11,12)5(7)8/h5,9-10H,3-4H2,1-2H3. The Hall–Kier alpha value is -0.270. The minimum absolute atomic E-state index is 0.212. The molecule has 0 aromatic rings. The van der Waals surface area contributed by atoms with E-state index in [9.17, 15) is 17.2 Å². The molecule has 4 nitrogen and oxygen atoms in total. The highest BCUT2D eigenvalue weighted by atomic mass is 32.2. The fourth-order valence-electron chi connectivity index (χ4n) is 0.415. The summed E-state index contributed by atoms with van der Waals surface area (Å²) in [5, 5.41) is 8.71. The van der Waals surface area contributed by atoms with E-state index in [1.807, 2.05) is 0 Å². The van der Waals surface area contributed by atoms with E-state index in [-0.39, 0.29) is 13.2 Å². The first kappa shape index (κ1) is 12.7. The zero-order valence-electron chi connectivity index (χ0n) is 7.42. The molecular formula is C6H13F2NO3S. The Balaban J connectivity index is 4.19. The lowest BCUT2D eigenvalue weighted by atomic mass is 9.96. The van der Waals surface area contributed by atoms with Crippen LogP contribution < -0.4 is 4.72 Å². The van der Waals surface area contributed by atoms with E-state index in [2.05, 4.69) is 0 Å². The summed E-state index contributed by atoms with van der Waals surface area (Å²) in [6.07, 6.45) is 0. The monoisotopic (exact) mass is 217 g/mol. The molecule has 0 bridgehead atoms. The van der Waals surface area contributed by atoms with Gasteiger partial charge in [-0.15, -0.1) is 0 Å². The summed E-state index contributed by atoms with van der Waals surface area (Å²) >= 11 is 0. The lowest BCUT2D eigenvalue weighted by Crippen LogP contribution is -2.38. The van der Waals surface area contributed by atoms with Crippen LogP contribution in [0.1, 0.15) is 13.8 Å². The smallest absolute Gasteiger partial charge is 0.350 e. The Bertz CT molecular complexity index is 251. The summed E-state index contributed by atoms with van der Waals surface area (Å²) in [5.41, 5.74) is -0.734. The van der Waals surface area contributed by atoms with Crippen molar-refractivity contribution in [2.24, 2.45) is 5.41 Å². The molecule has 0 saturated carbocycles. The number of alkyl halides is 2. The summed E-state index contributed by atoms with van der Waals surface area (Å²) in [6.45, 7) is 2.62. The first-order valence-corrected chi connectivity index (χ1v) is 5.13. The number of aliphatic hydroxyl groups is 1. The van der Waals surface area contributed by atoms with E-state index in [1.165, 1.54) is 0 Å².